The molecule has 1 aromatic carbocycles. The predicted octanol–water partition coefficient (Wildman–Crippen LogP) is 0.300. The normalized spacial score (nSPS) is 14.8. The van der Waals surface area contributed by atoms with Gasteiger partial charge in [-0.15, -0.1) is 0 Å². The zero-order valence-corrected chi connectivity index (χ0v) is 11.7. The maximum atomic E-state index is 11.4. The molecule has 0 unspecified atom stereocenters. The Labute approximate surface area is 120 Å². The standard InChI is InChI=1S/C10H6O5S.Na/c11-8-5-9(16(13,14)15)6-3-1-2-4-7(6)10(8)12;/h1-5H,(H,13,14,15);. The fourth-order valence-electron chi connectivity index (χ4n) is 1.50. The van der Waals surface area contributed by atoms with Gasteiger partial charge in [-0.05, 0) is 0 Å². The molecule has 0 bridgehead atoms. The monoisotopic (exact) mass is 261 g/mol. The van der Waals surface area contributed by atoms with Gasteiger partial charge in [-0.2, -0.15) is 8.42 Å². The average molecular weight is 261 g/mol. The van der Waals surface area contributed by atoms with E-state index in [0.717, 1.165) is 0 Å². The molecule has 0 saturated heterocycles. The van der Waals surface area contributed by atoms with Gasteiger partial charge in [0.25, 0.3) is 10.1 Å². The van der Waals surface area contributed by atoms with Crippen LogP contribution in [0.4, 0.5) is 0 Å². The predicted molar refractivity (Wildman–Crippen MR) is 61.1 cm³/mol. The fourth-order valence-corrected chi connectivity index (χ4v) is 2.22. The van der Waals surface area contributed by atoms with Crippen molar-refractivity contribution in [3.63, 3.8) is 0 Å². The van der Waals surface area contributed by atoms with Crippen molar-refractivity contribution in [2.45, 2.75) is 0 Å². The number of hydrogen-bond donors (Lipinski definition) is 1. The van der Waals surface area contributed by atoms with Gasteiger partial charge in [-0.3, -0.25) is 14.1 Å². The molecule has 0 fully saturated rings. The summed E-state index contributed by atoms with van der Waals surface area (Å²) in [5.74, 6) is -1.73. The molecule has 1 aliphatic rings. The van der Waals surface area contributed by atoms with Crippen LogP contribution in [0.2, 0.25) is 0 Å². The van der Waals surface area contributed by atoms with Crippen LogP contribution in [0.3, 0.4) is 0 Å². The SMILES string of the molecule is O=C1C=C(S(=O)(=O)O)c2ccccc2C1=O.[Na]. The van der Waals surface area contributed by atoms with Gasteiger partial charge < -0.3 is 0 Å². The number of rotatable bonds is 1. The maximum absolute atomic E-state index is 11.4. The van der Waals surface area contributed by atoms with Crippen LogP contribution in [-0.4, -0.2) is 54.1 Å². The van der Waals surface area contributed by atoms with Crippen LogP contribution >= 0.6 is 0 Å². The molecule has 0 heterocycles. The second kappa shape index (κ2) is 4.83. The number of hydrogen-bond acceptors (Lipinski definition) is 4. The molecule has 83 valence electrons. The Balaban J connectivity index is 0.00000144. The largest absolute Gasteiger partial charge is 0.295 e. The molecule has 0 amide bonds. The van der Waals surface area contributed by atoms with Crippen LogP contribution in [0.1, 0.15) is 15.9 Å². The first-order chi connectivity index (χ1) is 7.41. The van der Waals surface area contributed by atoms with E-state index < -0.39 is 26.6 Å². The van der Waals surface area contributed by atoms with E-state index in [1.54, 1.807) is 0 Å². The fraction of sp³-hybridized carbons (Fsp3) is 0. The molecular formula is C10H6NaO5S. The molecule has 7 heteroatoms. The third-order valence-electron chi connectivity index (χ3n) is 2.20. The van der Waals surface area contributed by atoms with Crippen LogP contribution in [0, 0.1) is 0 Å². The first-order valence-electron chi connectivity index (χ1n) is 4.28. The Morgan fingerprint density at radius 3 is 2.06 bits per heavy atom. The van der Waals surface area contributed by atoms with Crippen molar-refractivity contribution in [3.05, 3.63) is 41.5 Å². The first kappa shape index (κ1) is 14.3. The number of fused-ring (bicyclic) bond motifs is 1. The van der Waals surface area contributed by atoms with Crippen LogP contribution in [-0.2, 0) is 14.9 Å². The van der Waals surface area contributed by atoms with Crippen LogP contribution in [0.25, 0.3) is 4.91 Å². The molecule has 1 radical (unpaired) electrons. The van der Waals surface area contributed by atoms with E-state index in [1.807, 2.05) is 0 Å². The molecule has 1 aromatic rings. The van der Waals surface area contributed by atoms with Gasteiger partial charge in [0, 0.05) is 46.8 Å². The number of carbonyl (C=O) groups is 2. The number of allylic oxidation sites excluding steroid dienone is 1. The molecule has 0 saturated carbocycles. The van der Waals surface area contributed by atoms with Gasteiger partial charge in [0.15, 0.2) is 0 Å². The number of ketones is 2. The summed E-state index contributed by atoms with van der Waals surface area (Å²) in [7, 11) is -4.51. The third kappa shape index (κ3) is 2.56. The Hall–Kier alpha value is -0.790. The molecule has 2 rings (SSSR count). The van der Waals surface area contributed by atoms with E-state index in [-0.39, 0.29) is 40.7 Å². The minimum atomic E-state index is -4.51. The molecule has 0 aliphatic heterocycles. The Morgan fingerprint density at radius 1 is 1.00 bits per heavy atom. The van der Waals surface area contributed by atoms with Crippen molar-refractivity contribution in [2.24, 2.45) is 0 Å². The van der Waals surface area contributed by atoms with Gasteiger partial charge in [0.1, 0.15) is 4.91 Å². The van der Waals surface area contributed by atoms with Gasteiger partial charge in [0.2, 0.25) is 11.6 Å². The van der Waals surface area contributed by atoms with E-state index in [2.05, 4.69) is 0 Å². The maximum Gasteiger partial charge on any atom is 0.295 e. The van der Waals surface area contributed by atoms with Gasteiger partial charge >= 0.3 is 0 Å². The second-order valence-corrected chi connectivity index (χ2v) is 4.61. The molecule has 17 heavy (non-hydrogen) atoms. The second-order valence-electron chi connectivity index (χ2n) is 3.22. The minimum absolute atomic E-state index is 0. The van der Waals surface area contributed by atoms with Crippen molar-refractivity contribution in [1.29, 1.82) is 0 Å². The minimum Gasteiger partial charge on any atom is -0.286 e. The van der Waals surface area contributed by atoms with Gasteiger partial charge in [0.05, 0.1) is 0 Å². The molecule has 1 aliphatic carbocycles. The van der Waals surface area contributed by atoms with Crippen molar-refractivity contribution in [1.82, 2.24) is 0 Å². The summed E-state index contributed by atoms with van der Waals surface area (Å²) in [6.45, 7) is 0. The van der Waals surface area contributed by atoms with E-state index in [1.165, 1.54) is 24.3 Å². The first-order valence-corrected chi connectivity index (χ1v) is 5.72. The topological polar surface area (TPSA) is 88.5 Å². The molecule has 0 spiro atoms. The van der Waals surface area contributed by atoms with Gasteiger partial charge in [-0.1, -0.05) is 24.3 Å². The van der Waals surface area contributed by atoms with Crippen LogP contribution in [0.5, 0.6) is 0 Å². The van der Waals surface area contributed by atoms with E-state index >= 15 is 0 Å². The smallest absolute Gasteiger partial charge is 0.286 e. The van der Waals surface area contributed by atoms with E-state index in [4.69, 9.17) is 4.55 Å². The molecule has 5 nitrogen and oxygen atoms in total. The molecule has 0 aromatic heterocycles. The summed E-state index contributed by atoms with van der Waals surface area (Å²) in [5, 5.41) is 0. The molecule has 0 atom stereocenters. The van der Waals surface area contributed by atoms with Crippen molar-refractivity contribution < 1.29 is 22.6 Å². The third-order valence-corrected chi connectivity index (χ3v) is 3.09. The van der Waals surface area contributed by atoms with E-state index in [9.17, 15) is 18.0 Å². The number of benzene rings is 1. The van der Waals surface area contributed by atoms with E-state index in [0.29, 0.717) is 6.08 Å². The zero-order valence-electron chi connectivity index (χ0n) is 8.88. The van der Waals surface area contributed by atoms with Gasteiger partial charge in [-0.25, -0.2) is 0 Å². The summed E-state index contributed by atoms with van der Waals surface area (Å²) >= 11 is 0. The van der Waals surface area contributed by atoms with Crippen molar-refractivity contribution >= 4 is 56.1 Å². The quantitative estimate of drug-likeness (QED) is 0.446. The Morgan fingerprint density at radius 2 is 1.53 bits per heavy atom. The summed E-state index contributed by atoms with van der Waals surface area (Å²) in [5.41, 5.74) is 0.0391. The Kier molecular flexibility index (Phi) is 4.06. The van der Waals surface area contributed by atoms with Crippen LogP contribution < -0.4 is 0 Å². The zero-order chi connectivity index (χ0) is 11.9. The average Bonchev–Trinajstić information content (AvgIpc) is 2.22. The summed E-state index contributed by atoms with van der Waals surface area (Å²) in [6, 6.07) is 5.73. The number of Topliss-reactive ketones (excluding diaryl/α,β-unsaturated/α-hetero) is 1. The van der Waals surface area contributed by atoms with Crippen molar-refractivity contribution in [3.8, 4) is 0 Å². The summed E-state index contributed by atoms with van der Waals surface area (Å²) in [4.78, 5) is 22.1. The van der Waals surface area contributed by atoms with Crippen molar-refractivity contribution in [2.75, 3.05) is 0 Å². The molecule has 1 N–H and O–H groups in total. The number of carbonyl (C=O) groups excluding carboxylic acids is 2. The molecular weight excluding hydrogens is 255 g/mol. The summed E-state index contributed by atoms with van der Waals surface area (Å²) in [6.07, 6.45) is 0.639. The summed E-state index contributed by atoms with van der Waals surface area (Å²) < 4.78 is 31.0. The van der Waals surface area contributed by atoms with Crippen LogP contribution in [0.15, 0.2) is 30.3 Å². The Bertz CT molecular complexity index is 630.